The van der Waals surface area contributed by atoms with E-state index < -0.39 is 16.0 Å². The van der Waals surface area contributed by atoms with Crippen LogP contribution in [0.4, 0.5) is 0 Å². The van der Waals surface area contributed by atoms with Gasteiger partial charge in [-0.3, -0.25) is 0 Å². The summed E-state index contributed by atoms with van der Waals surface area (Å²) in [5.74, 6) is -1.17. The summed E-state index contributed by atoms with van der Waals surface area (Å²) in [5, 5.41) is 8.94. The van der Waals surface area contributed by atoms with Crippen molar-refractivity contribution in [1.29, 1.82) is 0 Å². The number of ether oxygens (including phenoxy) is 1. The Morgan fingerprint density at radius 3 is 2.65 bits per heavy atom. The summed E-state index contributed by atoms with van der Waals surface area (Å²) in [7, 11) is -0.746. The SMILES string of the molecule is COCCCN(C)S(=O)(=O)c1cc(C(=O)O)ccc1Br. The number of carbonyl (C=O) groups is 1. The molecule has 0 aliphatic carbocycles. The number of methoxy groups -OCH3 is 1. The maximum absolute atomic E-state index is 12.4. The lowest BCUT2D eigenvalue weighted by Crippen LogP contribution is -2.29. The molecule has 20 heavy (non-hydrogen) atoms. The van der Waals surface area contributed by atoms with Crippen LogP contribution in [0.5, 0.6) is 0 Å². The molecule has 1 aromatic carbocycles. The van der Waals surface area contributed by atoms with E-state index in [1.54, 1.807) is 7.11 Å². The molecule has 1 aromatic rings. The molecular weight excluding hydrogens is 350 g/mol. The molecule has 0 aliphatic heterocycles. The first-order chi connectivity index (χ1) is 9.30. The number of carboxylic acid groups (broad SMARTS) is 1. The molecule has 0 unspecified atom stereocenters. The first kappa shape index (κ1) is 17.1. The molecule has 0 radical (unpaired) electrons. The maximum atomic E-state index is 12.4. The molecule has 0 aliphatic rings. The Bertz CT molecular complexity index is 588. The maximum Gasteiger partial charge on any atom is 0.335 e. The molecule has 8 heteroatoms. The van der Waals surface area contributed by atoms with Crippen LogP contribution >= 0.6 is 15.9 Å². The second kappa shape index (κ2) is 7.16. The topological polar surface area (TPSA) is 83.9 Å². The molecule has 0 heterocycles. The monoisotopic (exact) mass is 365 g/mol. The molecule has 6 nitrogen and oxygen atoms in total. The zero-order valence-electron chi connectivity index (χ0n) is 11.2. The van der Waals surface area contributed by atoms with E-state index in [0.717, 1.165) is 6.07 Å². The van der Waals surface area contributed by atoms with Gasteiger partial charge in [-0.1, -0.05) is 0 Å². The molecule has 1 rings (SSSR count). The van der Waals surface area contributed by atoms with Crippen molar-refractivity contribution >= 4 is 31.9 Å². The highest BCUT2D eigenvalue weighted by atomic mass is 79.9. The quantitative estimate of drug-likeness (QED) is 0.744. The van der Waals surface area contributed by atoms with Gasteiger partial charge >= 0.3 is 5.97 Å². The van der Waals surface area contributed by atoms with Crippen LogP contribution in [0.2, 0.25) is 0 Å². The number of aromatic carboxylic acids is 1. The standard InChI is InChI=1S/C12H16BrNO5S/c1-14(6-3-7-19-2)20(17,18)11-8-9(12(15)16)4-5-10(11)13/h4-5,8H,3,6-7H2,1-2H3,(H,15,16). The Hall–Kier alpha value is -0.960. The van der Waals surface area contributed by atoms with E-state index in [0.29, 0.717) is 24.0 Å². The van der Waals surface area contributed by atoms with E-state index in [-0.39, 0.29) is 10.5 Å². The second-order valence-corrected chi connectivity index (χ2v) is 6.99. The van der Waals surface area contributed by atoms with Crippen LogP contribution in [0.25, 0.3) is 0 Å². The Kier molecular flexibility index (Phi) is 6.12. The fourth-order valence-corrected chi connectivity index (χ4v) is 3.71. The summed E-state index contributed by atoms with van der Waals surface area (Å²) in [5.41, 5.74) is -0.0722. The van der Waals surface area contributed by atoms with E-state index in [9.17, 15) is 13.2 Å². The number of sulfonamides is 1. The van der Waals surface area contributed by atoms with Gasteiger partial charge in [0.2, 0.25) is 10.0 Å². The van der Waals surface area contributed by atoms with Gasteiger partial charge in [0.05, 0.1) is 10.5 Å². The average Bonchev–Trinajstić information content (AvgIpc) is 2.38. The van der Waals surface area contributed by atoms with Crippen molar-refractivity contribution in [3.8, 4) is 0 Å². The van der Waals surface area contributed by atoms with Gasteiger partial charge in [0, 0.05) is 31.8 Å². The predicted octanol–water partition coefficient (Wildman–Crippen LogP) is 1.80. The zero-order valence-corrected chi connectivity index (χ0v) is 13.6. The van der Waals surface area contributed by atoms with E-state index in [1.807, 2.05) is 0 Å². The van der Waals surface area contributed by atoms with Crippen molar-refractivity contribution in [2.45, 2.75) is 11.3 Å². The molecule has 0 aromatic heterocycles. The largest absolute Gasteiger partial charge is 0.478 e. The molecule has 0 atom stereocenters. The minimum Gasteiger partial charge on any atom is -0.478 e. The molecule has 112 valence electrons. The molecular formula is C12H16BrNO5S. The van der Waals surface area contributed by atoms with Crippen LogP contribution in [0.1, 0.15) is 16.8 Å². The number of hydrogen-bond acceptors (Lipinski definition) is 4. The molecule has 0 saturated heterocycles. The van der Waals surface area contributed by atoms with Gasteiger partial charge in [-0.15, -0.1) is 0 Å². The van der Waals surface area contributed by atoms with Crippen molar-refractivity contribution in [1.82, 2.24) is 4.31 Å². The van der Waals surface area contributed by atoms with Crippen LogP contribution in [0.15, 0.2) is 27.6 Å². The number of hydrogen-bond donors (Lipinski definition) is 1. The molecule has 0 fully saturated rings. The third-order valence-corrected chi connectivity index (χ3v) is 5.54. The number of benzene rings is 1. The predicted molar refractivity (Wildman–Crippen MR) is 77.4 cm³/mol. The fraction of sp³-hybridized carbons (Fsp3) is 0.417. The molecule has 1 N–H and O–H groups in total. The Morgan fingerprint density at radius 1 is 1.45 bits per heavy atom. The number of halogens is 1. The van der Waals surface area contributed by atoms with E-state index in [1.165, 1.54) is 23.5 Å². The van der Waals surface area contributed by atoms with Crippen LogP contribution in [0.3, 0.4) is 0 Å². The smallest absolute Gasteiger partial charge is 0.335 e. The van der Waals surface area contributed by atoms with Crippen LogP contribution in [0, 0.1) is 0 Å². The summed E-state index contributed by atoms with van der Waals surface area (Å²) in [4.78, 5) is 10.9. The Balaban J connectivity index is 3.08. The van der Waals surface area contributed by atoms with Gasteiger partial charge in [-0.05, 0) is 40.5 Å². The highest BCUT2D eigenvalue weighted by molar-refractivity contribution is 9.10. The summed E-state index contributed by atoms with van der Waals surface area (Å²) >= 11 is 3.14. The zero-order chi connectivity index (χ0) is 15.3. The first-order valence-electron chi connectivity index (χ1n) is 5.79. The first-order valence-corrected chi connectivity index (χ1v) is 8.02. The lowest BCUT2D eigenvalue weighted by atomic mass is 10.2. The van der Waals surface area contributed by atoms with Crippen molar-refractivity contribution in [2.75, 3.05) is 27.3 Å². The Labute approximate surface area is 126 Å². The van der Waals surface area contributed by atoms with Crippen molar-refractivity contribution in [3.63, 3.8) is 0 Å². The molecule has 0 amide bonds. The van der Waals surface area contributed by atoms with E-state index >= 15 is 0 Å². The second-order valence-electron chi connectivity index (χ2n) is 4.12. The lowest BCUT2D eigenvalue weighted by molar-refractivity contribution is 0.0696. The number of rotatable bonds is 7. The minimum absolute atomic E-state index is 0.0580. The molecule has 0 saturated carbocycles. The summed E-state index contributed by atoms with van der Waals surface area (Å²) < 4.78 is 31.2. The van der Waals surface area contributed by atoms with Crippen LogP contribution in [-0.4, -0.2) is 51.1 Å². The lowest BCUT2D eigenvalue weighted by Gasteiger charge is -2.18. The van der Waals surface area contributed by atoms with Gasteiger partial charge < -0.3 is 9.84 Å². The van der Waals surface area contributed by atoms with Gasteiger partial charge in [-0.25, -0.2) is 17.5 Å². The van der Waals surface area contributed by atoms with Gasteiger partial charge in [0.15, 0.2) is 0 Å². The van der Waals surface area contributed by atoms with Crippen molar-refractivity contribution in [3.05, 3.63) is 28.2 Å². The summed E-state index contributed by atoms with van der Waals surface area (Å²) in [6, 6.07) is 3.91. The average molecular weight is 366 g/mol. The van der Waals surface area contributed by atoms with Crippen LogP contribution in [-0.2, 0) is 14.8 Å². The van der Waals surface area contributed by atoms with Gasteiger partial charge in [0.25, 0.3) is 0 Å². The third-order valence-electron chi connectivity index (χ3n) is 2.69. The van der Waals surface area contributed by atoms with Crippen molar-refractivity contribution < 1.29 is 23.1 Å². The number of nitrogens with zero attached hydrogens (tertiary/aromatic N) is 1. The van der Waals surface area contributed by atoms with Crippen molar-refractivity contribution in [2.24, 2.45) is 0 Å². The summed E-state index contributed by atoms with van der Waals surface area (Å²) in [6.45, 7) is 0.746. The normalized spacial score (nSPS) is 11.8. The molecule has 0 spiro atoms. The van der Waals surface area contributed by atoms with Gasteiger partial charge in [0.1, 0.15) is 0 Å². The molecule has 0 bridgehead atoms. The minimum atomic E-state index is -3.74. The third kappa shape index (κ3) is 4.02. The van der Waals surface area contributed by atoms with Gasteiger partial charge in [-0.2, -0.15) is 0 Å². The Morgan fingerprint density at radius 2 is 2.10 bits per heavy atom. The fourth-order valence-electron chi connectivity index (χ4n) is 1.55. The van der Waals surface area contributed by atoms with Crippen LogP contribution < -0.4 is 0 Å². The highest BCUT2D eigenvalue weighted by Gasteiger charge is 2.24. The van der Waals surface area contributed by atoms with E-state index in [4.69, 9.17) is 9.84 Å². The number of carboxylic acids is 1. The highest BCUT2D eigenvalue weighted by Crippen LogP contribution is 2.25. The van der Waals surface area contributed by atoms with E-state index in [2.05, 4.69) is 15.9 Å². The summed E-state index contributed by atoms with van der Waals surface area (Å²) in [6.07, 6.45) is 0.558.